The molecule has 2 atom stereocenters. The van der Waals surface area contributed by atoms with Crippen molar-refractivity contribution in [2.45, 2.75) is 70.7 Å². The van der Waals surface area contributed by atoms with E-state index >= 15 is 0 Å². The minimum absolute atomic E-state index is 0.0108. The van der Waals surface area contributed by atoms with Crippen molar-refractivity contribution in [3.05, 3.63) is 53.6 Å². The average molecular weight is 557 g/mol. The highest BCUT2D eigenvalue weighted by atomic mass is 16.6. The number of benzene rings is 2. The van der Waals surface area contributed by atoms with E-state index in [1.54, 1.807) is 78.3 Å². The molecule has 1 aliphatic heterocycles. The summed E-state index contributed by atoms with van der Waals surface area (Å²) in [4.78, 5) is 31.1. The Hall–Kier alpha value is -3.79. The van der Waals surface area contributed by atoms with Gasteiger partial charge in [0, 0.05) is 31.6 Å². The van der Waals surface area contributed by atoms with E-state index in [4.69, 9.17) is 33.8 Å². The number of methoxy groups -OCH3 is 2. The summed E-state index contributed by atoms with van der Waals surface area (Å²) in [6.45, 7) is 7.83. The number of amides is 1. The van der Waals surface area contributed by atoms with Gasteiger partial charge in [-0.1, -0.05) is 6.07 Å². The van der Waals surface area contributed by atoms with Crippen LogP contribution in [0, 0.1) is 0 Å². The molecule has 0 saturated carbocycles. The Morgan fingerprint density at radius 1 is 1.07 bits per heavy atom. The summed E-state index contributed by atoms with van der Waals surface area (Å²) in [6, 6.07) is 12.6. The topological polar surface area (TPSA) is 125 Å². The molecule has 2 aromatic rings. The van der Waals surface area contributed by atoms with Crippen molar-refractivity contribution >= 4 is 17.8 Å². The molecule has 0 spiro atoms. The van der Waals surface area contributed by atoms with Gasteiger partial charge in [0.15, 0.2) is 17.0 Å². The number of aliphatic hydroxyl groups is 1. The van der Waals surface area contributed by atoms with Gasteiger partial charge in [-0.3, -0.25) is 9.59 Å². The average Bonchev–Trinajstić information content (AvgIpc) is 3.27. The third-order valence-corrected chi connectivity index (χ3v) is 6.36. The van der Waals surface area contributed by atoms with E-state index in [1.165, 1.54) is 0 Å². The van der Waals surface area contributed by atoms with Gasteiger partial charge in [0.25, 0.3) is 5.91 Å². The van der Waals surface area contributed by atoms with E-state index in [9.17, 15) is 9.59 Å². The molecule has 10 heteroatoms. The number of aliphatic hydroxyl groups excluding tert-OH is 1. The SMILES string of the molecule is COc1ccc(CNC(=O)[C@]2(CCC(=O)OC(C)(C)C)N=C(c3ccc(OCCCO)cc3)O[C@@H]2C)cc1OC. The van der Waals surface area contributed by atoms with Gasteiger partial charge in [0.2, 0.25) is 5.90 Å². The van der Waals surface area contributed by atoms with Gasteiger partial charge in [0.1, 0.15) is 17.5 Å². The van der Waals surface area contributed by atoms with Gasteiger partial charge in [-0.25, -0.2) is 4.99 Å². The van der Waals surface area contributed by atoms with Gasteiger partial charge in [-0.05, 0) is 76.1 Å². The number of hydrogen-bond donors (Lipinski definition) is 2. The maximum absolute atomic E-state index is 13.8. The Morgan fingerprint density at radius 2 is 1.77 bits per heavy atom. The molecule has 218 valence electrons. The van der Waals surface area contributed by atoms with Crippen LogP contribution in [0.3, 0.4) is 0 Å². The van der Waals surface area contributed by atoms with Crippen molar-refractivity contribution in [3.63, 3.8) is 0 Å². The normalized spacial score (nSPS) is 18.4. The molecule has 0 fully saturated rings. The standard InChI is InChI=1S/C30H40N2O8/c1-20-30(15-14-26(34)40-29(2,3)4,28(35)31-19-21-8-13-24(36-5)25(18-21)37-6)32-27(39-20)22-9-11-23(12-10-22)38-17-7-16-33/h8-13,18,20,33H,7,14-17,19H2,1-6H3,(H,31,35)/t20-,30-/m1/s1. The number of carbonyl (C=O) groups excluding carboxylic acids is 2. The van der Waals surface area contributed by atoms with Gasteiger partial charge < -0.3 is 34.1 Å². The number of nitrogens with zero attached hydrogens (tertiary/aromatic N) is 1. The van der Waals surface area contributed by atoms with Crippen molar-refractivity contribution in [1.29, 1.82) is 0 Å². The summed E-state index contributed by atoms with van der Waals surface area (Å²) in [5.41, 5.74) is -0.513. The van der Waals surface area contributed by atoms with Crippen molar-refractivity contribution in [1.82, 2.24) is 5.32 Å². The van der Waals surface area contributed by atoms with Crippen molar-refractivity contribution in [3.8, 4) is 17.2 Å². The smallest absolute Gasteiger partial charge is 0.306 e. The predicted octanol–water partition coefficient (Wildman–Crippen LogP) is 3.81. The summed E-state index contributed by atoms with van der Waals surface area (Å²) in [7, 11) is 3.11. The Balaban J connectivity index is 1.84. The number of hydrogen-bond acceptors (Lipinski definition) is 9. The van der Waals surface area contributed by atoms with E-state index in [0.717, 1.165) is 5.56 Å². The van der Waals surface area contributed by atoms with Crippen LogP contribution in [0.25, 0.3) is 0 Å². The largest absolute Gasteiger partial charge is 0.494 e. The summed E-state index contributed by atoms with van der Waals surface area (Å²) in [5.74, 6) is 1.31. The van der Waals surface area contributed by atoms with Gasteiger partial charge >= 0.3 is 5.97 Å². The number of aliphatic imine (C=N–C) groups is 1. The lowest BCUT2D eigenvalue weighted by Gasteiger charge is -2.28. The maximum Gasteiger partial charge on any atom is 0.306 e. The van der Waals surface area contributed by atoms with E-state index in [-0.39, 0.29) is 31.9 Å². The Kier molecular flexibility index (Phi) is 10.4. The molecule has 1 aliphatic rings. The molecule has 0 aromatic heterocycles. The number of nitrogens with one attached hydrogen (secondary N) is 1. The second-order valence-electron chi connectivity index (χ2n) is 10.5. The first-order valence-electron chi connectivity index (χ1n) is 13.3. The van der Waals surface area contributed by atoms with Crippen LogP contribution in [0.4, 0.5) is 0 Å². The summed E-state index contributed by atoms with van der Waals surface area (Å²) >= 11 is 0. The van der Waals surface area contributed by atoms with Crippen molar-refractivity contribution < 1.29 is 38.4 Å². The zero-order valence-corrected chi connectivity index (χ0v) is 24.1. The second-order valence-corrected chi connectivity index (χ2v) is 10.5. The van der Waals surface area contributed by atoms with Crippen LogP contribution in [-0.2, 0) is 25.6 Å². The number of carbonyl (C=O) groups is 2. The summed E-state index contributed by atoms with van der Waals surface area (Å²) in [6.07, 6.45) is -0.0142. The fourth-order valence-corrected chi connectivity index (χ4v) is 4.26. The van der Waals surface area contributed by atoms with Crippen LogP contribution in [0.2, 0.25) is 0 Å². The Labute approximate surface area is 235 Å². The van der Waals surface area contributed by atoms with Crippen LogP contribution in [-0.4, -0.2) is 67.6 Å². The molecular formula is C30H40N2O8. The molecule has 10 nitrogen and oxygen atoms in total. The first kappa shape index (κ1) is 30.7. The van der Waals surface area contributed by atoms with Gasteiger partial charge in [-0.2, -0.15) is 0 Å². The molecule has 0 bridgehead atoms. The minimum atomic E-state index is -1.35. The molecule has 0 aliphatic carbocycles. The monoisotopic (exact) mass is 556 g/mol. The molecule has 2 N–H and O–H groups in total. The zero-order valence-electron chi connectivity index (χ0n) is 24.1. The van der Waals surface area contributed by atoms with Gasteiger partial charge in [-0.15, -0.1) is 0 Å². The first-order chi connectivity index (χ1) is 19.0. The summed E-state index contributed by atoms with van der Waals surface area (Å²) < 4.78 is 27.9. The lowest BCUT2D eigenvalue weighted by Crippen LogP contribution is -2.51. The molecule has 40 heavy (non-hydrogen) atoms. The quantitative estimate of drug-likeness (QED) is 0.282. The van der Waals surface area contributed by atoms with Crippen LogP contribution < -0.4 is 19.5 Å². The lowest BCUT2D eigenvalue weighted by atomic mass is 9.87. The van der Waals surface area contributed by atoms with E-state index in [2.05, 4.69) is 5.32 Å². The third-order valence-electron chi connectivity index (χ3n) is 6.36. The molecule has 2 aromatic carbocycles. The lowest BCUT2D eigenvalue weighted by molar-refractivity contribution is -0.155. The van der Waals surface area contributed by atoms with E-state index < -0.39 is 23.2 Å². The molecule has 0 radical (unpaired) electrons. The highest BCUT2D eigenvalue weighted by Crippen LogP contribution is 2.34. The fraction of sp³-hybridized carbons (Fsp3) is 0.500. The molecule has 3 rings (SSSR count). The minimum Gasteiger partial charge on any atom is -0.494 e. The molecule has 0 unspecified atom stereocenters. The molecule has 1 amide bonds. The fourth-order valence-electron chi connectivity index (χ4n) is 4.26. The van der Waals surface area contributed by atoms with Crippen LogP contribution in [0.1, 0.15) is 58.1 Å². The maximum atomic E-state index is 13.8. The van der Waals surface area contributed by atoms with E-state index in [0.29, 0.717) is 41.7 Å². The van der Waals surface area contributed by atoms with Crippen LogP contribution >= 0.6 is 0 Å². The summed E-state index contributed by atoms with van der Waals surface area (Å²) in [5, 5.41) is 11.9. The Morgan fingerprint density at radius 3 is 2.40 bits per heavy atom. The van der Waals surface area contributed by atoms with Crippen molar-refractivity contribution in [2.75, 3.05) is 27.4 Å². The van der Waals surface area contributed by atoms with Crippen LogP contribution in [0.5, 0.6) is 17.2 Å². The highest BCUT2D eigenvalue weighted by molar-refractivity contribution is 6.00. The highest BCUT2D eigenvalue weighted by Gasteiger charge is 2.50. The van der Waals surface area contributed by atoms with Crippen molar-refractivity contribution in [2.24, 2.45) is 4.99 Å². The molecular weight excluding hydrogens is 516 g/mol. The Bertz CT molecular complexity index is 1190. The van der Waals surface area contributed by atoms with Crippen LogP contribution in [0.15, 0.2) is 47.5 Å². The van der Waals surface area contributed by atoms with E-state index in [1.807, 2.05) is 6.07 Å². The number of esters is 1. The second kappa shape index (κ2) is 13.5. The number of rotatable bonds is 13. The van der Waals surface area contributed by atoms with Gasteiger partial charge in [0.05, 0.1) is 20.8 Å². The predicted molar refractivity (Wildman–Crippen MR) is 150 cm³/mol. The molecule has 1 heterocycles. The zero-order chi connectivity index (χ0) is 29.3. The third kappa shape index (κ3) is 7.88. The number of ether oxygens (including phenoxy) is 5. The first-order valence-corrected chi connectivity index (χ1v) is 13.3. The molecule has 0 saturated heterocycles.